The van der Waals surface area contributed by atoms with Crippen LogP contribution in [0.25, 0.3) is 0 Å². The summed E-state index contributed by atoms with van der Waals surface area (Å²) in [4.78, 5) is 29.6. The Morgan fingerprint density at radius 2 is 1.87 bits per heavy atom. The van der Waals surface area contributed by atoms with Crippen molar-refractivity contribution in [3.8, 4) is 0 Å². The fourth-order valence-electron chi connectivity index (χ4n) is 4.21. The molecule has 2 aromatic rings. The first-order valence-electron chi connectivity index (χ1n) is 10.00. The van der Waals surface area contributed by atoms with Crippen molar-refractivity contribution >= 4 is 23.2 Å². The Labute approximate surface area is 172 Å². The minimum Gasteiger partial charge on any atom is -0.351 e. The standard InChI is InChI=1S/C22H22F3N3O2/c1-2-27-18-13-14(6-11-17(18)21(30)28-12-4-3-5-19(27)28)20(29)26-16-9-7-15(8-10-16)22(23,24)25/h6-11,13,19H,2-5,12H2,1H3,(H,26,29)/t19-/m1/s1. The predicted molar refractivity (Wildman–Crippen MR) is 108 cm³/mol. The second kappa shape index (κ2) is 7.66. The van der Waals surface area contributed by atoms with Crippen LogP contribution < -0.4 is 10.2 Å². The Hall–Kier alpha value is -3.03. The number of hydrogen-bond donors (Lipinski definition) is 1. The van der Waals surface area contributed by atoms with Gasteiger partial charge in [-0.15, -0.1) is 0 Å². The van der Waals surface area contributed by atoms with E-state index in [0.29, 0.717) is 17.7 Å². The molecule has 4 rings (SSSR count). The Balaban J connectivity index is 1.59. The molecule has 2 heterocycles. The van der Waals surface area contributed by atoms with Gasteiger partial charge in [0.15, 0.2) is 0 Å². The molecule has 1 N–H and O–H groups in total. The zero-order valence-electron chi connectivity index (χ0n) is 16.5. The number of carbonyl (C=O) groups excluding carboxylic acids is 2. The number of alkyl halides is 3. The van der Waals surface area contributed by atoms with E-state index in [0.717, 1.165) is 43.6 Å². The molecular formula is C22H22F3N3O2. The molecule has 0 saturated carbocycles. The summed E-state index contributed by atoms with van der Waals surface area (Å²) < 4.78 is 38.1. The summed E-state index contributed by atoms with van der Waals surface area (Å²) in [6, 6.07) is 9.24. The SMILES string of the molecule is CCN1c2cc(C(=O)Nc3ccc(C(F)(F)F)cc3)ccc2C(=O)N2CCCC[C@@H]21. The van der Waals surface area contributed by atoms with Crippen molar-refractivity contribution < 1.29 is 22.8 Å². The molecule has 5 nitrogen and oxygen atoms in total. The zero-order valence-corrected chi connectivity index (χ0v) is 16.5. The Morgan fingerprint density at radius 3 is 2.53 bits per heavy atom. The molecule has 0 bridgehead atoms. The third-order valence-corrected chi connectivity index (χ3v) is 5.70. The molecule has 1 atom stereocenters. The first kappa shape index (κ1) is 20.3. The highest BCUT2D eigenvalue weighted by molar-refractivity contribution is 6.08. The lowest BCUT2D eigenvalue weighted by Gasteiger charge is -2.47. The van der Waals surface area contributed by atoms with E-state index in [2.05, 4.69) is 10.2 Å². The molecule has 0 unspecified atom stereocenters. The van der Waals surface area contributed by atoms with Crippen molar-refractivity contribution in [3.63, 3.8) is 0 Å². The van der Waals surface area contributed by atoms with E-state index in [1.54, 1.807) is 18.2 Å². The minimum absolute atomic E-state index is 0.00280. The molecular weight excluding hydrogens is 395 g/mol. The number of halogens is 3. The number of amides is 2. The van der Waals surface area contributed by atoms with Gasteiger partial charge >= 0.3 is 6.18 Å². The van der Waals surface area contributed by atoms with Gasteiger partial charge in [-0.2, -0.15) is 13.2 Å². The molecule has 2 aliphatic rings. The van der Waals surface area contributed by atoms with Crippen LogP contribution in [0.4, 0.5) is 24.5 Å². The van der Waals surface area contributed by atoms with Gasteiger partial charge in [0.1, 0.15) is 6.17 Å². The van der Waals surface area contributed by atoms with E-state index in [1.165, 1.54) is 12.1 Å². The number of anilines is 2. The Bertz CT molecular complexity index is 973. The molecule has 0 radical (unpaired) electrons. The highest BCUT2D eigenvalue weighted by Gasteiger charge is 2.38. The molecule has 0 aromatic heterocycles. The number of nitrogens with one attached hydrogen (secondary N) is 1. The minimum atomic E-state index is -4.43. The summed E-state index contributed by atoms with van der Waals surface area (Å²) in [5.74, 6) is -0.457. The summed E-state index contributed by atoms with van der Waals surface area (Å²) in [6.07, 6.45) is -1.50. The lowest BCUT2D eigenvalue weighted by Crippen LogP contribution is -2.57. The average Bonchev–Trinajstić information content (AvgIpc) is 2.73. The molecule has 1 saturated heterocycles. The molecule has 0 aliphatic carbocycles. The first-order chi connectivity index (χ1) is 14.3. The predicted octanol–water partition coefficient (Wildman–Crippen LogP) is 4.75. The monoisotopic (exact) mass is 417 g/mol. The maximum absolute atomic E-state index is 12.9. The fourth-order valence-corrected chi connectivity index (χ4v) is 4.21. The average molecular weight is 417 g/mol. The fraction of sp³-hybridized carbons (Fsp3) is 0.364. The molecule has 2 aliphatic heterocycles. The van der Waals surface area contributed by atoms with Crippen molar-refractivity contribution in [2.24, 2.45) is 0 Å². The Morgan fingerprint density at radius 1 is 1.13 bits per heavy atom. The summed E-state index contributed by atoms with van der Waals surface area (Å²) in [6.45, 7) is 3.45. The highest BCUT2D eigenvalue weighted by atomic mass is 19.4. The maximum atomic E-state index is 12.9. The third kappa shape index (κ3) is 3.62. The van der Waals surface area contributed by atoms with E-state index in [9.17, 15) is 22.8 Å². The smallest absolute Gasteiger partial charge is 0.351 e. The van der Waals surface area contributed by atoms with Crippen LogP contribution in [0.2, 0.25) is 0 Å². The van der Waals surface area contributed by atoms with Crippen molar-refractivity contribution in [2.75, 3.05) is 23.3 Å². The third-order valence-electron chi connectivity index (χ3n) is 5.70. The normalized spacial score (nSPS) is 18.7. The van der Waals surface area contributed by atoms with Gasteiger partial charge in [-0.1, -0.05) is 0 Å². The highest BCUT2D eigenvalue weighted by Crippen LogP contribution is 2.36. The summed E-state index contributed by atoms with van der Waals surface area (Å²) in [5.41, 5.74) is 1.15. The number of piperidine rings is 1. The number of nitrogens with zero attached hydrogens (tertiary/aromatic N) is 2. The number of carbonyl (C=O) groups is 2. The number of hydrogen-bond acceptors (Lipinski definition) is 3. The van der Waals surface area contributed by atoms with Gasteiger partial charge in [0, 0.05) is 24.3 Å². The van der Waals surface area contributed by atoms with E-state index in [4.69, 9.17) is 0 Å². The molecule has 2 amide bonds. The molecule has 8 heteroatoms. The molecule has 30 heavy (non-hydrogen) atoms. The lowest BCUT2D eigenvalue weighted by atomic mass is 9.97. The van der Waals surface area contributed by atoms with Gasteiger partial charge in [-0.05, 0) is 68.7 Å². The van der Waals surface area contributed by atoms with Crippen LogP contribution in [0.1, 0.15) is 52.5 Å². The largest absolute Gasteiger partial charge is 0.416 e. The van der Waals surface area contributed by atoms with Gasteiger partial charge in [0.25, 0.3) is 11.8 Å². The van der Waals surface area contributed by atoms with Crippen LogP contribution in [-0.2, 0) is 6.18 Å². The van der Waals surface area contributed by atoms with Gasteiger partial charge in [-0.3, -0.25) is 9.59 Å². The quantitative estimate of drug-likeness (QED) is 0.784. The van der Waals surface area contributed by atoms with Crippen LogP contribution in [0.3, 0.4) is 0 Å². The van der Waals surface area contributed by atoms with Crippen LogP contribution in [0.5, 0.6) is 0 Å². The molecule has 1 fully saturated rings. The van der Waals surface area contributed by atoms with Crippen molar-refractivity contribution in [3.05, 3.63) is 59.2 Å². The van der Waals surface area contributed by atoms with Gasteiger partial charge in [0.05, 0.1) is 16.8 Å². The van der Waals surface area contributed by atoms with Gasteiger partial charge in [-0.25, -0.2) is 0 Å². The van der Waals surface area contributed by atoms with E-state index < -0.39 is 17.6 Å². The summed E-state index contributed by atoms with van der Waals surface area (Å²) >= 11 is 0. The second-order valence-electron chi connectivity index (χ2n) is 7.52. The zero-order chi connectivity index (χ0) is 21.5. The van der Waals surface area contributed by atoms with Crippen LogP contribution >= 0.6 is 0 Å². The van der Waals surface area contributed by atoms with Crippen molar-refractivity contribution in [1.29, 1.82) is 0 Å². The van der Waals surface area contributed by atoms with E-state index in [1.807, 2.05) is 11.8 Å². The maximum Gasteiger partial charge on any atom is 0.416 e. The van der Waals surface area contributed by atoms with Crippen LogP contribution in [-0.4, -0.2) is 36.0 Å². The molecule has 0 spiro atoms. The molecule has 158 valence electrons. The summed E-state index contributed by atoms with van der Waals surface area (Å²) in [7, 11) is 0. The molecule has 2 aromatic carbocycles. The van der Waals surface area contributed by atoms with Crippen LogP contribution in [0.15, 0.2) is 42.5 Å². The number of fused-ring (bicyclic) bond motifs is 2. The van der Waals surface area contributed by atoms with Crippen LogP contribution in [0, 0.1) is 0 Å². The Kier molecular flexibility index (Phi) is 5.17. The van der Waals surface area contributed by atoms with E-state index in [-0.39, 0.29) is 17.8 Å². The number of rotatable bonds is 3. The number of benzene rings is 2. The second-order valence-corrected chi connectivity index (χ2v) is 7.52. The van der Waals surface area contributed by atoms with Gasteiger partial charge < -0.3 is 15.1 Å². The van der Waals surface area contributed by atoms with Crippen molar-refractivity contribution in [1.82, 2.24) is 4.90 Å². The first-order valence-corrected chi connectivity index (χ1v) is 10.00. The van der Waals surface area contributed by atoms with Gasteiger partial charge in [0.2, 0.25) is 0 Å². The summed E-state index contributed by atoms with van der Waals surface area (Å²) in [5, 5.41) is 2.62. The lowest BCUT2D eigenvalue weighted by molar-refractivity contribution is -0.137. The topological polar surface area (TPSA) is 52.7 Å². The van der Waals surface area contributed by atoms with E-state index >= 15 is 0 Å². The van der Waals surface area contributed by atoms with Crippen molar-refractivity contribution in [2.45, 2.75) is 38.5 Å².